The number of halogens is 2. The van der Waals surface area contributed by atoms with Crippen LogP contribution in [-0.2, 0) is 10.0 Å². The molecule has 0 aliphatic rings. The van der Waals surface area contributed by atoms with Crippen molar-refractivity contribution in [1.82, 2.24) is 9.97 Å². The third-order valence-electron chi connectivity index (χ3n) is 1.67. The average Bonchev–Trinajstić information content (AvgIpc) is 2.69. The molecule has 2 rings (SSSR count). The number of nitrogens with one attached hydrogen (secondary N) is 1. The van der Waals surface area contributed by atoms with Crippen molar-refractivity contribution in [1.29, 1.82) is 0 Å². The van der Waals surface area contributed by atoms with Crippen LogP contribution >= 0.6 is 38.9 Å². The van der Waals surface area contributed by atoms with Crippen LogP contribution in [0.1, 0.15) is 0 Å². The minimum Gasteiger partial charge on any atom is -0.261 e. The molecule has 0 spiro atoms. The predicted molar refractivity (Wildman–Crippen MR) is 69.9 cm³/mol. The van der Waals surface area contributed by atoms with Gasteiger partial charge < -0.3 is 0 Å². The Morgan fingerprint density at radius 3 is 2.59 bits per heavy atom. The van der Waals surface area contributed by atoms with Gasteiger partial charge in [-0.25, -0.2) is 18.4 Å². The van der Waals surface area contributed by atoms with E-state index in [1.54, 1.807) is 0 Å². The van der Waals surface area contributed by atoms with Gasteiger partial charge in [0.1, 0.15) is 8.81 Å². The smallest absolute Gasteiger partial charge is 0.261 e. The second kappa shape index (κ2) is 4.89. The molecule has 0 bridgehead atoms. The van der Waals surface area contributed by atoms with Gasteiger partial charge in [-0.05, 0) is 28.1 Å². The number of rotatable bonds is 3. The first-order valence-electron chi connectivity index (χ1n) is 4.23. The van der Waals surface area contributed by atoms with Crippen LogP contribution in [0.25, 0.3) is 0 Å². The Hall–Kier alpha value is -0.700. The van der Waals surface area contributed by atoms with E-state index >= 15 is 0 Å². The fourth-order valence-corrected chi connectivity index (χ4v) is 3.68. The molecule has 17 heavy (non-hydrogen) atoms. The van der Waals surface area contributed by atoms with E-state index in [9.17, 15) is 8.42 Å². The van der Waals surface area contributed by atoms with Crippen molar-refractivity contribution in [3.8, 4) is 0 Å². The van der Waals surface area contributed by atoms with E-state index < -0.39 is 10.0 Å². The molecule has 0 aromatic carbocycles. The highest BCUT2D eigenvalue weighted by molar-refractivity contribution is 9.10. The number of hydrogen-bond acceptors (Lipinski definition) is 5. The van der Waals surface area contributed by atoms with Gasteiger partial charge in [-0.3, -0.25) is 4.72 Å². The maximum Gasteiger partial charge on any atom is 0.272 e. The van der Waals surface area contributed by atoms with E-state index in [4.69, 9.17) is 11.6 Å². The molecule has 0 aliphatic carbocycles. The third kappa shape index (κ3) is 3.15. The summed E-state index contributed by atoms with van der Waals surface area (Å²) in [5.74, 6) is 0.151. The maximum atomic E-state index is 11.9. The number of hydrogen-bond donors (Lipinski definition) is 1. The minimum atomic E-state index is -3.64. The molecule has 0 saturated heterocycles. The van der Waals surface area contributed by atoms with Gasteiger partial charge in [0, 0.05) is 0 Å². The van der Waals surface area contributed by atoms with E-state index in [2.05, 4.69) is 30.6 Å². The van der Waals surface area contributed by atoms with Crippen LogP contribution in [0, 0.1) is 0 Å². The number of nitrogens with zero attached hydrogens (tertiary/aromatic N) is 2. The first-order valence-corrected chi connectivity index (χ1v) is 7.70. The third-order valence-corrected chi connectivity index (χ3v) is 5.16. The molecule has 0 saturated carbocycles. The summed E-state index contributed by atoms with van der Waals surface area (Å²) >= 11 is 9.76. The number of anilines is 1. The topological polar surface area (TPSA) is 72.0 Å². The largest absolute Gasteiger partial charge is 0.272 e. The minimum absolute atomic E-state index is 0.132. The molecule has 0 fully saturated rings. The summed E-state index contributed by atoms with van der Waals surface area (Å²) in [5, 5.41) is 0. The van der Waals surface area contributed by atoms with E-state index in [-0.39, 0.29) is 10.0 Å². The van der Waals surface area contributed by atoms with E-state index in [1.165, 1.54) is 24.5 Å². The van der Waals surface area contributed by atoms with Crippen molar-refractivity contribution in [2.24, 2.45) is 0 Å². The highest BCUT2D eigenvalue weighted by atomic mass is 79.9. The first kappa shape index (κ1) is 12.7. The van der Waals surface area contributed by atoms with Crippen molar-refractivity contribution in [3.05, 3.63) is 33.5 Å². The highest BCUT2D eigenvalue weighted by Crippen LogP contribution is 2.26. The lowest BCUT2D eigenvalue weighted by atomic mass is 10.7. The highest BCUT2D eigenvalue weighted by Gasteiger charge is 2.17. The van der Waals surface area contributed by atoms with Gasteiger partial charge in [-0.1, -0.05) is 11.6 Å². The Balaban J connectivity index is 2.26. The van der Waals surface area contributed by atoms with Crippen LogP contribution in [0.15, 0.2) is 33.3 Å². The van der Waals surface area contributed by atoms with Crippen molar-refractivity contribution >= 4 is 54.7 Å². The first-order chi connectivity index (χ1) is 7.97. The summed E-state index contributed by atoms with van der Waals surface area (Å²) in [7, 11) is -3.64. The molecule has 2 aromatic rings. The van der Waals surface area contributed by atoms with E-state index in [0.29, 0.717) is 8.94 Å². The molecule has 9 heteroatoms. The summed E-state index contributed by atoms with van der Waals surface area (Å²) in [6, 6.07) is 2.95. The Bertz CT molecular complexity index is 626. The Morgan fingerprint density at radius 2 is 2.06 bits per heavy atom. The maximum absolute atomic E-state index is 11.9. The van der Waals surface area contributed by atoms with Gasteiger partial charge in [0.25, 0.3) is 10.0 Å². The van der Waals surface area contributed by atoms with Gasteiger partial charge in [0.15, 0.2) is 5.82 Å². The van der Waals surface area contributed by atoms with Crippen molar-refractivity contribution in [2.75, 3.05) is 4.72 Å². The molecule has 0 unspecified atom stereocenters. The average molecular weight is 355 g/mol. The zero-order chi connectivity index (χ0) is 12.5. The van der Waals surface area contributed by atoms with Crippen molar-refractivity contribution in [3.63, 3.8) is 0 Å². The predicted octanol–water partition coefficient (Wildman–Crippen LogP) is 2.75. The summed E-state index contributed by atoms with van der Waals surface area (Å²) in [5.41, 5.74) is 0. The molecular formula is C8H5BrClN3O2S2. The fourth-order valence-electron chi connectivity index (χ4n) is 0.995. The molecule has 2 aromatic heterocycles. The molecule has 0 atom stereocenters. The lowest BCUT2D eigenvalue weighted by molar-refractivity contribution is 0.603. The number of sulfonamides is 1. The Morgan fingerprint density at radius 1 is 1.29 bits per heavy atom. The quantitative estimate of drug-likeness (QED) is 0.920. The van der Waals surface area contributed by atoms with Crippen LogP contribution < -0.4 is 4.72 Å². The van der Waals surface area contributed by atoms with Crippen LogP contribution in [0.4, 0.5) is 5.82 Å². The Kier molecular flexibility index (Phi) is 3.67. The van der Waals surface area contributed by atoms with Crippen LogP contribution in [0.2, 0.25) is 4.34 Å². The summed E-state index contributed by atoms with van der Waals surface area (Å²) < 4.78 is 27.1. The van der Waals surface area contributed by atoms with Crippen molar-refractivity contribution < 1.29 is 8.42 Å². The lowest BCUT2D eigenvalue weighted by Gasteiger charge is -2.04. The Labute approximate surface area is 115 Å². The molecule has 0 amide bonds. The summed E-state index contributed by atoms with van der Waals surface area (Å²) in [6.07, 6.45) is 2.72. The van der Waals surface area contributed by atoms with Crippen LogP contribution in [0.5, 0.6) is 0 Å². The summed E-state index contributed by atoms with van der Waals surface area (Å²) in [6.45, 7) is 0. The molecule has 1 N–H and O–H groups in total. The van der Waals surface area contributed by atoms with Gasteiger partial charge in [-0.15, -0.1) is 11.3 Å². The van der Waals surface area contributed by atoms with Crippen LogP contribution in [0.3, 0.4) is 0 Å². The van der Waals surface area contributed by atoms with E-state index in [0.717, 1.165) is 11.3 Å². The normalized spacial score (nSPS) is 11.4. The fraction of sp³-hybridized carbons (Fsp3) is 0. The summed E-state index contributed by atoms with van der Waals surface area (Å²) in [4.78, 5) is 7.73. The van der Waals surface area contributed by atoms with Gasteiger partial charge in [0.05, 0.1) is 16.7 Å². The van der Waals surface area contributed by atoms with E-state index in [1.807, 2.05) is 0 Å². The molecule has 2 heterocycles. The van der Waals surface area contributed by atoms with Crippen molar-refractivity contribution in [2.45, 2.75) is 4.21 Å². The standard InChI is InChI=1S/C8H5BrClN3O2S2/c9-5-3-12-7(4-11-5)13-17(14,15)8-2-1-6(10)16-8/h1-4H,(H,12,13). The molecule has 0 aliphatic heterocycles. The zero-order valence-electron chi connectivity index (χ0n) is 8.09. The number of aromatic nitrogens is 2. The SMILES string of the molecule is O=S(=O)(Nc1cnc(Br)cn1)c1ccc(Cl)s1. The molecular weight excluding hydrogens is 350 g/mol. The van der Waals surface area contributed by atoms with Crippen LogP contribution in [-0.4, -0.2) is 18.4 Å². The molecule has 90 valence electrons. The second-order valence-corrected chi connectivity index (χ2v) is 7.33. The molecule has 5 nitrogen and oxygen atoms in total. The lowest BCUT2D eigenvalue weighted by Crippen LogP contribution is -2.12. The monoisotopic (exact) mass is 353 g/mol. The zero-order valence-corrected chi connectivity index (χ0v) is 12.1. The molecule has 0 radical (unpaired) electrons. The second-order valence-electron chi connectivity index (χ2n) is 2.89. The number of thiophene rings is 1. The van der Waals surface area contributed by atoms with Gasteiger partial charge in [-0.2, -0.15) is 0 Å². The van der Waals surface area contributed by atoms with Gasteiger partial charge in [0.2, 0.25) is 0 Å². The van der Waals surface area contributed by atoms with Gasteiger partial charge >= 0.3 is 0 Å².